The summed E-state index contributed by atoms with van der Waals surface area (Å²) in [5, 5.41) is 0. The van der Waals surface area contributed by atoms with Gasteiger partial charge in [-0.05, 0) is 18.1 Å². The number of nitrogens with two attached hydrogens (primary N) is 1. The zero-order chi connectivity index (χ0) is 8.55. The first-order valence-electron chi connectivity index (χ1n) is 4.00. The summed E-state index contributed by atoms with van der Waals surface area (Å²) in [7, 11) is 0. The van der Waals surface area contributed by atoms with Crippen molar-refractivity contribution < 1.29 is 4.84 Å². The van der Waals surface area contributed by atoms with Crippen molar-refractivity contribution in [2.24, 2.45) is 5.73 Å². The van der Waals surface area contributed by atoms with Gasteiger partial charge in [0.05, 0.1) is 6.61 Å². The summed E-state index contributed by atoms with van der Waals surface area (Å²) in [6.45, 7) is 2.67. The van der Waals surface area contributed by atoms with E-state index in [0.29, 0.717) is 6.61 Å². The molecule has 1 atom stereocenters. The van der Waals surface area contributed by atoms with Gasteiger partial charge in [-0.3, -0.25) is 4.84 Å². The van der Waals surface area contributed by atoms with Crippen LogP contribution >= 0.6 is 0 Å². The van der Waals surface area contributed by atoms with Crippen LogP contribution in [-0.2, 0) is 11.4 Å². The maximum atomic E-state index is 5.76. The minimum Gasteiger partial charge on any atom is -0.310 e. The number of rotatable bonds is 0. The van der Waals surface area contributed by atoms with Crippen molar-refractivity contribution in [2.75, 3.05) is 0 Å². The summed E-state index contributed by atoms with van der Waals surface area (Å²) in [5.41, 5.74) is 12.1. The van der Waals surface area contributed by atoms with Crippen LogP contribution in [0.3, 0.4) is 0 Å². The third-order valence-corrected chi connectivity index (χ3v) is 2.07. The summed E-state index contributed by atoms with van der Waals surface area (Å²) in [6, 6.07) is 6.21. The molecular formula is C9H12N2O. The van der Waals surface area contributed by atoms with Crippen LogP contribution in [0.4, 0.5) is 0 Å². The molecule has 0 saturated heterocycles. The van der Waals surface area contributed by atoms with Crippen LogP contribution in [-0.4, -0.2) is 0 Å². The number of aryl methyl sites for hydroxylation is 1. The lowest BCUT2D eigenvalue weighted by molar-refractivity contribution is -0.0102. The quantitative estimate of drug-likeness (QED) is 0.601. The number of hydrogen-bond acceptors (Lipinski definition) is 3. The average Bonchev–Trinajstić information content (AvgIpc) is 2.04. The van der Waals surface area contributed by atoms with Gasteiger partial charge >= 0.3 is 0 Å². The summed E-state index contributed by atoms with van der Waals surface area (Å²) in [4.78, 5) is 5.09. The fourth-order valence-electron chi connectivity index (χ4n) is 1.44. The van der Waals surface area contributed by atoms with Gasteiger partial charge in [-0.1, -0.05) is 23.8 Å². The predicted molar refractivity (Wildman–Crippen MR) is 46.0 cm³/mol. The van der Waals surface area contributed by atoms with Crippen molar-refractivity contribution in [3.8, 4) is 0 Å². The van der Waals surface area contributed by atoms with Gasteiger partial charge in [-0.15, -0.1) is 0 Å². The van der Waals surface area contributed by atoms with Crippen LogP contribution in [0.1, 0.15) is 22.9 Å². The second kappa shape index (κ2) is 2.86. The Bertz CT molecular complexity index is 299. The molecule has 0 aliphatic carbocycles. The molecule has 3 nitrogen and oxygen atoms in total. The van der Waals surface area contributed by atoms with E-state index in [2.05, 4.69) is 24.5 Å². The fourth-order valence-corrected chi connectivity index (χ4v) is 1.44. The van der Waals surface area contributed by atoms with E-state index >= 15 is 0 Å². The molecule has 3 N–H and O–H groups in total. The molecule has 1 aromatic rings. The Labute approximate surface area is 71.5 Å². The molecule has 3 heteroatoms. The second-order valence-electron chi connectivity index (χ2n) is 3.09. The maximum absolute atomic E-state index is 5.76. The Morgan fingerprint density at radius 1 is 1.58 bits per heavy atom. The minimum atomic E-state index is -0.186. The average molecular weight is 164 g/mol. The van der Waals surface area contributed by atoms with Gasteiger partial charge in [0.2, 0.25) is 0 Å². The van der Waals surface area contributed by atoms with Gasteiger partial charge in [0.1, 0.15) is 6.17 Å². The van der Waals surface area contributed by atoms with Gasteiger partial charge in [0, 0.05) is 0 Å². The SMILES string of the molecule is Cc1ccc2c(c1)CONC2N. The molecule has 0 radical (unpaired) electrons. The lowest BCUT2D eigenvalue weighted by atomic mass is 10.0. The number of fused-ring (bicyclic) bond motifs is 1. The molecule has 1 aromatic carbocycles. The Hall–Kier alpha value is -0.900. The number of nitrogens with one attached hydrogen (secondary N) is 1. The lowest BCUT2D eigenvalue weighted by Crippen LogP contribution is -2.33. The molecule has 2 rings (SSSR count). The molecule has 12 heavy (non-hydrogen) atoms. The van der Waals surface area contributed by atoms with E-state index in [9.17, 15) is 0 Å². The summed E-state index contributed by atoms with van der Waals surface area (Å²) in [5.74, 6) is 0. The van der Waals surface area contributed by atoms with E-state index in [1.54, 1.807) is 0 Å². The van der Waals surface area contributed by atoms with Gasteiger partial charge in [-0.25, -0.2) is 0 Å². The molecule has 1 aliphatic rings. The molecule has 1 unspecified atom stereocenters. The molecule has 1 aliphatic heterocycles. The van der Waals surface area contributed by atoms with E-state index in [-0.39, 0.29) is 6.17 Å². The van der Waals surface area contributed by atoms with E-state index in [1.807, 2.05) is 6.07 Å². The number of hydrogen-bond donors (Lipinski definition) is 2. The summed E-state index contributed by atoms with van der Waals surface area (Å²) < 4.78 is 0. The van der Waals surface area contributed by atoms with Crippen molar-refractivity contribution in [3.05, 3.63) is 34.9 Å². The first-order valence-corrected chi connectivity index (χ1v) is 4.00. The van der Waals surface area contributed by atoms with Crippen molar-refractivity contribution in [3.63, 3.8) is 0 Å². The van der Waals surface area contributed by atoms with Gasteiger partial charge in [0.15, 0.2) is 0 Å². The third-order valence-electron chi connectivity index (χ3n) is 2.07. The smallest absolute Gasteiger partial charge is 0.105 e. The molecule has 0 bridgehead atoms. The van der Waals surface area contributed by atoms with Crippen LogP contribution in [0.15, 0.2) is 18.2 Å². The van der Waals surface area contributed by atoms with Crippen molar-refractivity contribution >= 4 is 0 Å². The largest absolute Gasteiger partial charge is 0.310 e. The molecule has 0 amide bonds. The first-order chi connectivity index (χ1) is 5.77. The monoisotopic (exact) mass is 164 g/mol. The Morgan fingerprint density at radius 3 is 3.25 bits per heavy atom. The highest BCUT2D eigenvalue weighted by Gasteiger charge is 2.15. The van der Waals surface area contributed by atoms with E-state index in [0.717, 1.165) is 5.56 Å². The Balaban J connectivity index is 2.46. The molecule has 64 valence electrons. The normalized spacial score (nSPS) is 22.0. The number of hydroxylamine groups is 1. The zero-order valence-electron chi connectivity index (χ0n) is 7.00. The summed E-state index contributed by atoms with van der Waals surface area (Å²) in [6.07, 6.45) is -0.186. The highest BCUT2D eigenvalue weighted by Crippen LogP contribution is 2.20. The van der Waals surface area contributed by atoms with Crippen molar-refractivity contribution in [1.82, 2.24) is 5.48 Å². The molecular weight excluding hydrogens is 152 g/mol. The van der Waals surface area contributed by atoms with Crippen molar-refractivity contribution in [1.29, 1.82) is 0 Å². The maximum Gasteiger partial charge on any atom is 0.105 e. The first kappa shape index (κ1) is 7.73. The lowest BCUT2D eigenvalue weighted by Gasteiger charge is -2.23. The molecule has 0 fully saturated rings. The number of benzene rings is 1. The van der Waals surface area contributed by atoms with E-state index in [4.69, 9.17) is 10.6 Å². The Kier molecular flexibility index (Phi) is 1.84. The van der Waals surface area contributed by atoms with E-state index < -0.39 is 0 Å². The van der Waals surface area contributed by atoms with Gasteiger partial charge < -0.3 is 5.73 Å². The fraction of sp³-hybridized carbons (Fsp3) is 0.333. The highest BCUT2D eigenvalue weighted by atomic mass is 16.6. The molecule has 1 heterocycles. The third kappa shape index (κ3) is 1.22. The van der Waals surface area contributed by atoms with Crippen LogP contribution in [0.5, 0.6) is 0 Å². The second-order valence-corrected chi connectivity index (χ2v) is 3.09. The van der Waals surface area contributed by atoms with Gasteiger partial charge in [-0.2, -0.15) is 5.48 Å². The van der Waals surface area contributed by atoms with Crippen LogP contribution in [0.25, 0.3) is 0 Å². The van der Waals surface area contributed by atoms with Gasteiger partial charge in [0.25, 0.3) is 0 Å². The minimum absolute atomic E-state index is 0.186. The molecule has 0 saturated carbocycles. The molecule has 0 spiro atoms. The zero-order valence-corrected chi connectivity index (χ0v) is 7.00. The van der Waals surface area contributed by atoms with Crippen LogP contribution < -0.4 is 11.2 Å². The van der Waals surface area contributed by atoms with Crippen LogP contribution in [0, 0.1) is 6.92 Å². The summed E-state index contributed by atoms with van der Waals surface area (Å²) >= 11 is 0. The standard InChI is InChI=1S/C9H12N2O/c1-6-2-3-8-7(4-6)5-12-11-9(8)10/h2-4,9,11H,5,10H2,1H3. The van der Waals surface area contributed by atoms with E-state index in [1.165, 1.54) is 11.1 Å². The highest BCUT2D eigenvalue weighted by molar-refractivity contribution is 5.33. The topological polar surface area (TPSA) is 47.3 Å². The van der Waals surface area contributed by atoms with Crippen molar-refractivity contribution in [2.45, 2.75) is 19.7 Å². The predicted octanol–water partition coefficient (Wildman–Crippen LogP) is 0.987. The van der Waals surface area contributed by atoms with Crippen LogP contribution in [0.2, 0.25) is 0 Å². The Morgan fingerprint density at radius 2 is 2.42 bits per heavy atom. The molecule has 0 aromatic heterocycles.